The summed E-state index contributed by atoms with van der Waals surface area (Å²) in [4.78, 5) is 38.4. The molecule has 1 heterocycles. The fraction of sp³-hybridized carbons (Fsp3) is 0.286. The second kappa shape index (κ2) is 8.98. The third-order valence-corrected chi connectivity index (χ3v) is 4.51. The maximum absolute atomic E-state index is 12.5. The summed E-state index contributed by atoms with van der Waals surface area (Å²) >= 11 is 0. The Balaban J connectivity index is 1.51. The van der Waals surface area contributed by atoms with E-state index in [1.54, 1.807) is 24.3 Å². The number of nitrogens with zero attached hydrogens (tertiary/aromatic N) is 1. The molecule has 140 valence electrons. The number of hydrogen-bond donors (Lipinski definition) is 1. The topological polar surface area (TPSA) is 75.7 Å². The Hall–Kier alpha value is -3.15. The minimum atomic E-state index is -0.600. The van der Waals surface area contributed by atoms with Crippen LogP contribution in [-0.4, -0.2) is 41.8 Å². The van der Waals surface area contributed by atoms with Gasteiger partial charge in [-0.15, -0.1) is 0 Å². The van der Waals surface area contributed by atoms with Crippen molar-refractivity contribution in [3.63, 3.8) is 0 Å². The molecule has 0 aliphatic carbocycles. The first-order valence-corrected chi connectivity index (χ1v) is 8.98. The van der Waals surface area contributed by atoms with Crippen LogP contribution in [0.25, 0.3) is 0 Å². The normalized spacial score (nSPS) is 16.0. The highest BCUT2D eigenvalue weighted by atomic mass is 16.6. The Morgan fingerprint density at radius 1 is 1.00 bits per heavy atom. The summed E-state index contributed by atoms with van der Waals surface area (Å²) in [6.07, 6.45) is 0.780. The van der Waals surface area contributed by atoms with E-state index in [9.17, 15) is 14.4 Å². The molecule has 2 aromatic carbocycles. The number of carbonyl (C=O) groups is 3. The monoisotopic (exact) mass is 366 g/mol. The van der Waals surface area contributed by atoms with Crippen LogP contribution in [0.4, 0.5) is 4.79 Å². The number of ether oxygens (including phenoxy) is 1. The summed E-state index contributed by atoms with van der Waals surface area (Å²) in [5, 5.41) is 2.64. The van der Waals surface area contributed by atoms with Gasteiger partial charge >= 0.3 is 6.09 Å². The van der Waals surface area contributed by atoms with Crippen LogP contribution in [0.15, 0.2) is 60.7 Å². The highest BCUT2D eigenvalue weighted by Crippen LogP contribution is 2.19. The maximum atomic E-state index is 12.5. The van der Waals surface area contributed by atoms with Crippen molar-refractivity contribution < 1.29 is 19.1 Å². The molecule has 0 bridgehead atoms. The molecule has 1 atom stereocenters. The quantitative estimate of drug-likeness (QED) is 0.798. The van der Waals surface area contributed by atoms with Crippen molar-refractivity contribution in [1.29, 1.82) is 0 Å². The van der Waals surface area contributed by atoms with E-state index in [0.717, 1.165) is 12.0 Å². The summed E-state index contributed by atoms with van der Waals surface area (Å²) in [6.45, 7) is 0.543. The van der Waals surface area contributed by atoms with Crippen molar-refractivity contribution in [2.24, 2.45) is 0 Å². The Labute approximate surface area is 158 Å². The van der Waals surface area contributed by atoms with Gasteiger partial charge in [0.1, 0.15) is 12.6 Å². The van der Waals surface area contributed by atoms with Crippen molar-refractivity contribution in [2.75, 3.05) is 13.1 Å². The average molecular weight is 366 g/mol. The van der Waals surface area contributed by atoms with Gasteiger partial charge in [0.2, 0.25) is 5.91 Å². The van der Waals surface area contributed by atoms with Gasteiger partial charge in [0.05, 0.1) is 6.54 Å². The van der Waals surface area contributed by atoms with Gasteiger partial charge < -0.3 is 10.1 Å². The number of rotatable bonds is 6. The van der Waals surface area contributed by atoms with Crippen LogP contribution in [0.1, 0.15) is 28.8 Å². The third kappa shape index (κ3) is 4.94. The van der Waals surface area contributed by atoms with Gasteiger partial charge in [-0.3, -0.25) is 14.5 Å². The third-order valence-electron chi connectivity index (χ3n) is 4.51. The highest BCUT2D eigenvalue weighted by molar-refractivity contribution is 6.00. The molecule has 27 heavy (non-hydrogen) atoms. The lowest BCUT2D eigenvalue weighted by Crippen LogP contribution is -2.47. The minimum absolute atomic E-state index is 0.0910. The van der Waals surface area contributed by atoms with Gasteiger partial charge in [-0.25, -0.2) is 4.79 Å². The number of carbonyl (C=O) groups excluding carboxylic acids is 3. The maximum Gasteiger partial charge on any atom is 0.410 e. The molecule has 0 aromatic heterocycles. The second-order valence-corrected chi connectivity index (χ2v) is 6.40. The van der Waals surface area contributed by atoms with Gasteiger partial charge in [-0.1, -0.05) is 60.7 Å². The van der Waals surface area contributed by atoms with E-state index >= 15 is 0 Å². The standard InChI is InChI=1S/C21H22N2O4/c24-19(17-10-5-2-6-11-17)14-22-20(25)18-12-7-13-23(18)21(26)27-15-16-8-3-1-4-9-16/h1-6,8-11,18H,7,12-15H2,(H,22,25)/t18-/m0/s1. The predicted octanol–water partition coefficient (Wildman–Crippen LogP) is 2.79. The average Bonchev–Trinajstić information content (AvgIpc) is 3.21. The predicted molar refractivity (Wildman–Crippen MR) is 100 cm³/mol. The molecule has 1 N–H and O–H groups in total. The van der Waals surface area contributed by atoms with Gasteiger partial charge in [0.25, 0.3) is 0 Å². The molecular formula is C21H22N2O4. The number of amides is 2. The van der Waals surface area contributed by atoms with Gasteiger partial charge in [-0.2, -0.15) is 0 Å². The zero-order valence-corrected chi connectivity index (χ0v) is 15.0. The lowest BCUT2D eigenvalue weighted by Gasteiger charge is -2.23. The highest BCUT2D eigenvalue weighted by Gasteiger charge is 2.35. The Morgan fingerprint density at radius 3 is 2.37 bits per heavy atom. The molecule has 6 nitrogen and oxygen atoms in total. The first-order chi connectivity index (χ1) is 13.1. The van der Waals surface area contributed by atoms with Crippen LogP contribution in [0, 0.1) is 0 Å². The van der Waals surface area contributed by atoms with Crippen LogP contribution in [0.3, 0.4) is 0 Å². The van der Waals surface area contributed by atoms with Crippen molar-refractivity contribution in [3.8, 4) is 0 Å². The molecule has 0 spiro atoms. The minimum Gasteiger partial charge on any atom is -0.445 e. The summed E-state index contributed by atoms with van der Waals surface area (Å²) < 4.78 is 5.33. The Morgan fingerprint density at radius 2 is 1.67 bits per heavy atom. The van der Waals surface area contributed by atoms with E-state index in [4.69, 9.17) is 4.74 Å². The van der Waals surface area contributed by atoms with Gasteiger partial charge in [-0.05, 0) is 18.4 Å². The zero-order valence-electron chi connectivity index (χ0n) is 15.0. The SMILES string of the molecule is O=C(CNC(=O)[C@@H]1CCCN1C(=O)OCc1ccccc1)c1ccccc1. The van der Waals surface area contributed by atoms with E-state index in [-0.39, 0.29) is 24.8 Å². The second-order valence-electron chi connectivity index (χ2n) is 6.40. The number of ketones is 1. The van der Waals surface area contributed by atoms with Crippen molar-refractivity contribution >= 4 is 17.8 Å². The van der Waals surface area contributed by atoms with E-state index in [0.29, 0.717) is 18.5 Å². The van der Waals surface area contributed by atoms with Crippen LogP contribution >= 0.6 is 0 Å². The Kier molecular flexibility index (Phi) is 6.20. The molecule has 1 aliphatic rings. The van der Waals surface area contributed by atoms with Crippen LogP contribution < -0.4 is 5.32 Å². The summed E-state index contributed by atoms with van der Waals surface area (Å²) in [5.41, 5.74) is 1.43. The van der Waals surface area contributed by atoms with Crippen LogP contribution in [0.2, 0.25) is 0 Å². The largest absolute Gasteiger partial charge is 0.445 e. The fourth-order valence-electron chi connectivity index (χ4n) is 3.07. The van der Waals surface area contributed by atoms with E-state index in [1.165, 1.54) is 4.90 Å². The van der Waals surface area contributed by atoms with Crippen molar-refractivity contribution in [2.45, 2.75) is 25.5 Å². The van der Waals surface area contributed by atoms with Crippen LogP contribution in [-0.2, 0) is 16.1 Å². The molecule has 2 amide bonds. The van der Waals surface area contributed by atoms with E-state index in [1.807, 2.05) is 36.4 Å². The number of nitrogens with one attached hydrogen (secondary N) is 1. The summed E-state index contributed by atoms with van der Waals surface area (Å²) in [6, 6.07) is 17.6. The molecule has 1 aliphatic heterocycles. The molecule has 6 heteroatoms. The Bertz CT molecular complexity index is 792. The molecule has 2 aromatic rings. The van der Waals surface area contributed by atoms with Crippen molar-refractivity contribution in [1.82, 2.24) is 10.2 Å². The van der Waals surface area contributed by atoms with Gasteiger partial charge in [0, 0.05) is 12.1 Å². The van der Waals surface area contributed by atoms with E-state index < -0.39 is 12.1 Å². The first kappa shape index (κ1) is 18.6. The molecule has 1 saturated heterocycles. The number of hydrogen-bond acceptors (Lipinski definition) is 4. The van der Waals surface area contributed by atoms with Crippen molar-refractivity contribution in [3.05, 3.63) is 71.8 Å². The lowest BCUT2D eigenvalue weighted by molar-refractivity contribution is -0.124. The summed E-state index contributed by atoms with van der Waals surface area (Å²) in [5.74, 6) is -0.492. The smallest absolute Gasteiger partial charge is 0.410 e. The summed E-state index contributed by atoms with van der Waals surface area (Å²) in [7, 11) is 0. The number of benzene rings is 2. The number of likely N-dealkylation sites (tertiary alicyclic amines) is 1. The molecule has 1 fully saturated rings. The molecule has 3 rings (SSSR count). The van der Waals surface area contributed by atoms with Crippen LogP contribution in [0.5, 0.6) is 0 Å². The molecule has 0 radical (unpaired) electrons. The fourth-order valence-corrected chi connectivity index (χ4v) is 3.07. The lowest BCUT2D eigenvalue weighted by atomic mass is 10.1. The molecular weight excluding hydrogens is 344 g/mol. The zero-order chi connectivity index (χ0) is 19.1. The van der Waals surface area contributed by atoms with E-state index in [2.05, 4.69) is 5.32 Å². The molecule has 0 unspecified atom stereocenters. The first-order valence-electron chi connectivity index (χ1n) is 8.98. The van der Waals surface area contributed by atoms with Gasteiger partial charge in [0.15, 0.2) is 5.78 Å². The number of Topliss-reactive ketones (excluding diaryl/α,β-unsaturated/α-hetero) is 1. The molecule has 0 saturated carbocycles.